The van der Waals surface area contributed by atoms with Gasteiger partial charge in [-0.1, -0.05) is 50.2 Å². The van der Waals surface area contributed by atoms with Crippen molar-refractivity contribution < 1.29 is 18.0 Å². The average molecular weight is 486 g/mol. The van der Waals surface area contributed by atoms with E-state index in [0.717, 1.165) is 18.4 Å². The highest BCUT2D eigenvalue weighted by Gasteiger charge is 2.28. The van der Waals surface area contributed by atoms with Crippen LogP contribution in [-0.2, 0) is 21.4 Å². The molecule has 1 saturated heterocycles. The molecule has 8 heteroatoms. The number of benzene rings is 2. The third kappa shape index (κ3) is 6.45. The summed E-state index contributed by atoms with van der Waals surface area (Å²) in [5.41, 5.74) is 1.91. The number of hydrogen-bond donors (Lipinski definition) is 2. The number of likely N-dealkylation sites (tertiary alicyclic amines) is 1. The summed E-state index contributed by atoms with van der Waals surface area (Å²) in [6, 6.07) is 13.8. The number of piperidine rings is 1. The van der Waals surface area contributed by atoms with E-state index in [4.69, 9.17) is 0 Å². The fourth-order valence-corrected chi connectivity index (χ4v) is 5.32. The van der Waals surface area contributed by atoms with Gasteiger partial charge in [-0.25, -0.2) is 13.1 Å². The molecule has 2 amide bonds. The van der Waals surface area contributed by atoms with Crippen molar-refractivity contribution >= 4 is 21.8 Å². The molecule has 3 rings (SSSR count). The van der Waals surface area contributed by atoms with E-state index in [-0.39, 0.29) is 35.2 Å². The third-order valence-electron chi connectivity index (χ3n) is 6.55. The number of nitrogens with zero attached hydrogens (tertiary/aromatic N) is 1. The lowest BCUT2D eigenvalue weighted by molar-refractivity contribution is -0.136. The second kappa shape index (κ2) is 11.6. The van der Waals surface area contributed by atoms with Gasteiger partial charge < -0.3 is 10.2 Å². The van der Waals surface area contributed by atoms with E-state index in [1.54, 1.807) is 13.0 Å². The lowest BCUT2D eigenvalue weighted by atomic mass is 9.98. The molecule has 7 nitrogen and oxygen atoms in total. The molecular formula is C26H35N3O4S. The first kappa shape index (κ1) is 25.9. The van der Waals surface area contributed by atoms with Crippen molar-refractivity contribution in [3.05, 3.63) is 65.2 Å². The molecule has 0 bridgehead atoms. The van der Waals surface area contributed by atoms with Crippen molar-refractivity contribution in [2.24, 2.45) is 5.92 Å². The quantitative estimate of drug-likeness (QED) is 0.567. The highest BCUT2D eigenvalue weighted by Crippen LogP contribution is 2.20. The highest BCUT2D eigenvalue weighted by atomic mass is 32.2. The fourth-order valence-electron chi connectivity index (χ4n) is 4.27. The van der Waals surface area contributed by atoms with Gasteiger partial charge in [-0.2, -0.15) is 0 Å². The minimum atomic E-state index is -3.77. The SMILES string of the molecule is CCC(CC)C(=O)N1CCC(NC(=O)c2cc(S(=O)(=O)NCc3ccccc3)ccc2C)CC1. The van der Waals surface area contributed by atoms with Crippen molar-refractivity contribution in [2.75, 3.05) is 13.1 Å². The van der Waals surface area contributed by atoms with Crippen molar-refractivity contribution in [2.45, 2.75) is 63.9 Å². The number of nitrogens with one attached hydrogen (secondary N) is 2. The Morgan fingerprint density at radius 1 is 1.03 bits per heavy atom. The molecule has 0 aromatic heterocycles. The van der Waals surface area contributed by atoms with Crippen LogP contribution < -0.4 is 10.0 Å². The molecule has 1 heterocycles. The van der Waals surface area contributed by atoms with Gasteiger partial charge in [0.25, 0.3) is 5.91 Å². The monoisotopic (exact) mass is 485 g/mol. The van der Waals surface area contributed by atoms with Gasteiger partial charge in [-0.15, -0.1) is 0 Å². The second-order valence-corrected chi connectivity index (χ2v) is 10.6. The summed E-state index contributed by atoms with van der Waals surface area (Å²) in [4.78, 5) is 27.6. The first-order valence-electron chi connectivity index (χ1n) is 12.0. The molecule has 0 spiro atoms. The molecule has 34 heavy (non-hydrogen) atoms. The van der Waals surface area contributed by atoms with Gasteiger partial charge in [0.1, 0.15) is 0 Å². The Hall–Kier alpha value is -2.71. The Balaban J connectivity index is 1.62. The fraction of sp³-hybridized carbons (Fsp3) is 0.462. The molecule has 1 fully saturated rings. The molecule has 0 unspecified atom stereocenters. The zero-order valence-electron chi connectivity index (χ0n) is 20.2. The molecule has 2 N–H and O–H groups in total. The zero-order chi connectivity index (χ0) is 24.7. The Kier molecular flexibility index (Phi) is 8.85. The van der Waals surface area contributed by atoms with E-state index in [2.05, 4.69) is 10.0 Å². The molecule has 0 atom stereocenters. The van der Waals surface area contributed by atoms with Gasteiger partial charge in [-0.3, -0.25) is 9.59 Å². The van der Waals surface area contributed by atoms with E-state index in [1.807, 2.05) is 49.1 Å². The van der Waals surface area contributed by atoms with Crippen molar-refractivity contribution in [1.29, 1.82) is 0 Å². The molecule has 0 saturated carbocycles. The number of rotatable bonds is 9. The van der Waals surface area contributed by atoms with Crippen LogP contribution in [0, 0.1) is 12.8 Å². The second-order valence-electron chi connectivity index (χ2n) is 8.87. The van der Waals surface area contributed by atoms with Gasteiger partial charge in [0.15, 0.2) is 0 Å². The van der Waals surface area contributed by atoms with E-state index >= 15 is 0 Å². The van der Waals surface area contributed by atoms with Crippen LogP contribution in [0.1, 0.15) is 61.0 Å². The molecule has 2 aromatic carbocycles. The Morgan fingerprint density at radius 3 is 2.29 bits per heavy atom. The molecule has 1 aliphatic rings. The lowest BCUT2D eigenvalue weighted by Crippen LogP contribution is -2.48. The molecular weight excluding hydrogens is 450 g/mol. The van der Waals surface area contributed by atoms with Crippen LogP contribution in [0.25, 0.3) is 0 Å². The summed E-state index contributed by atoms with van der Waals surface area (Å²) < 4.78 is 28.2. The summed E-state index contributed by atoms with van der Waals surface area (Å²) in [5.74, 6) is -0.0251. The Bertz CT molecular complexity index is 1090. The smallest absolute Gasteiger partial charge is 0.251 e. The molecule has 1 aliphatic heterocycles. The minimum absolute atomic E-state index is 0.0471. The third-order valence-corrected chi connectivity index (χ3v) is 7.95. The van der Waals surface area contributed by atoms with Gasteiger partial charge in [0.05, 0.1) is 4.90 Å². The van der Waals surface area contributed by atoms with E-state index in [0.29, 0.717) is 37.1 Å². The maximum absolute atomic E-state index is 13.0. The van der Waals surface area contributed by atoms with E-state index in [1.165, 1.54) is 12.1 Å². The maximum atomic E-state index is 13.0. The first-order valence-corrected chi connectivity index (χ1v) is 13.5. The van der Waals surface area contributed by atoms with Crippen LogP contribution in [0.2, 0.25) is 0 Å². The normalized spacial score (nSPS) is 14.9. The summed E-state index contributed by atoms with van der Waals surface area (Å²) >= 11 is 0. The molecule has 0 aliphatic carbocycles. The van der Waals surface area contributed by atoms with Crippen molar-refractivity contribution in [3.63, 3.8) is 0 Å². The van der Waals surface area contributed by atoms with Gasteiger partial charge in [0, 0.05) is 37.2 Å². The number of amides is 2. The number of carbonyl (C=O) groups excluding carboxylic acids is 2. The zero-order valence-corrected chi connectivity index (χ0v) is 21.0. The maximum Gasteiger partial charge on any atom is 0.251 e. The van der Waals surface area contributed by atoms with Crippen LogP contribution in [0.5, 0.6) is 0 Å². The van der Waals surface area contributed by atoms with E-state index < -0.39 is 10.0 Å². The summed E-state index contributed by atoms with van der Waals surface area (Å²) in [6.45, 7) is 7.28. The average Bonchev–Trinajstić information content (AvgIpc) is 2.84. The Labute approximate surface area is 203 Å². The van der Waals surface area contributed by atoms with Crippen LogP contribution >= 0.6 is 0 Å². The van der Waals surface area contributed by atoms with Crippen LogP contribution in [0.3, 0.4) is 0 Å². The van der Waals surface area contributed by atoms with Crippen LogP contribution in [-0.4, -0.2) is 44.3 Å². The number of carbonyl (C=O) groups is 2. The predicted molar refractivity (Wildman–Crippen MR) is 133 cm³/mol. The van der Waals surface area contributed by atoms with Crippen LogP contribution in [0.15, 0.2) is 53.4 Å². The summed E-state index contributed by atoms with van der Waals surface area (Å²) in [7, 11) is -3.77. The van der Waals surface area contributed by atoms with Crippen LogP contribution in [0.4, 0.5) is 0 Å². The van der Waals surface area contributed by atoms with E-state index in [9.17, 15) is 18.0 Å². The van der Waals surface area contributed by atoms with Crippen molar-refractivity contribution in [1.82, 2.24) is 14.9 Å². The van der Waals surface area contributed by atoms with Gasteiger partial charge in [0.2, 0.25) is 15.9 Å². The largest absolute Gasteiger partial charge is 0.349 e. The van der Waals surface area contributed by atoms with Gasteiger partial charge in [-0.05, 0) is 55.9 Å². The van der Waals surface area contributed by atoms with Gasteiger partial charge >= 0.3 is 0 Å². The highest BCUT2D eigenvalue weighted by molar-refractivity contribution is 7.89. The number of aryl methyl sites for hydroxylation is 1. The topological polar surface area (TPSA) is 95.6 Å². The standard InChI is InChI=1S/C26H35N3O4S/c1-4-21(5-2)26(31)29-15-13-22(14-16-29)28-25(30)24-17-23(12-11-19(24)3)34(32,33)27-18-20-9-7-6-8-10-20/h6-12,17,21-22,27H,4-5,13-16,18H2,1-3H3,(H,28,30). The molecule has 2 aromatic rings. The lowest BCUT2D eigenvalue weighted by Gasteiger charge is -2.34. The summed E-state index contributed by atoms with van der Waals surface area (Å²) in [5, 5.41) is 3.04. The summed E-state index contributed by atoms with van der Waals surface area (Å²) in [6.07, 6.45) is 3.05. The first-order chi connectivity index (χ1) is 16.2. The predicted octanol–water partition coefficient (Wildman–Crippen LogP) is 3.63. The molecule has 184 valence electrons. The number of hydrogen-bond acceptors (Lipinski definition) is 4. The Morgan fingerprint density at radius 2 is 1.68 bits per heavy atom. The number of sulfonamides is 1. The van der Waals surface area contributed by atoms with Crippen molar-refractivity contribution in [3.8, 4) is 0 Å². The molecule has 0 radical (unpaired) electrons. The minimum Gasteiger partial charge on any atom is -0.349 e.